The van der Waals surface area contributed by atoms with Crippen LogP contribution >= 0.6 is 0 Å². The Morgan fingerprint density at radius 2 is 1.60 bits per heavy atom. The Labute approximate surface area is 172 Å². The Hall–Kier alpha value is -3.29. The number of hydrogen-bond acceptors (Lipinski definition) is 5. The zero-order valence-electron chi connectivity index (χ0n) is 16.8. The highest BCUT2D eigenvalue weighted by Crippen LogP contribution is 2.35. The van der Waals surface area contributed by atoms with Crippen LogP contribution < -0.4 is 14.8 Å². The van der Waals surface area contributed by atoms with Crippen molar-refractivity contribution in [2.24, 2.45) is 0 Å². The maximum absolute atomic E-state index is 13.4. The minimum Gasteiger partial charge on any atom is -0.488 e. The molecule has 8 heteroatoms. The molecule has 0 fully saturated rings. The molecule has 3 rings (SSSR count). The summed E-state index contributed by atoms with van der Waals surface area (Å²) in [5.41, 5.74) is -0.0836. The van der Waals surface area contributed by atoms with E-state index < -0.39 is 11.7 Å². The summed E-state index contributed by atoms with van der Waals surface area (Å²) in [6.07, 6.45) is -3.90. The summed E-state index contributed by atoms with van der Waals surface area (Å²) in [6, 6.07) is 15.7. The van der Waals surface area contributed by atoms with Crippen molar-refractivity contribution in [3.8, 4) is 11.8 Å². The molecule has 0 aliphatic carbocycles. The lowest BCUT2D eigenvalue weighted by atomic mass is 10.2. The largest absolute Gasteiger partial charge is 0.488 e. The van der Waals surface area contributed by atoms with Gasteiger partial charge in [0, 0.05) is 11.9 Å². The summed E-state index contributed by atoms with van der Waals surface area (Å²) in [5.74, 6) is 0.226. The van der Waals surface area contributed by atoms with Gasteiger partial charge in [-0.1, -0.05) is 30.3 Å². The number of hydrogen-bond donors (Lipinski definition) is 1. The summed E-state index contributed by atoms with van der Waals surface area (Å²) in [6.45, 7) is 5.87. The van der Waals surface area contributed by atoms with E-state index >= 15 is 0 Å². The fourth-order valence-corrected chi connectivity index (χ4v) is 2.56. The van der Waals surface area contributed by atoms with Crippen molar-refractivity contribution in [3.63, 3.8) is 0 Å². The number of alkyl halides is 3. The molecule has 1 heterocycles. The van der Waals surface area contributed by atoms with E-state index in [1.54, 1.807) is 24.3 Å². The second kappa shape index (κ2) is 8.61. The SMILES string of the molecule is CC(C)(C)Oc1ccc(Nc2nc(OCc3ccccc3)ncc2C(F)(F)F)cc1. The molecule has 1 aromatic heterocycles. The van der Waals surface area contributed by atoms with Gasteiger partial charge in [0.05, 0.1) is 0 Å². The first-order valence-electron chi connectivity index (χ1n) is 9.27. The molecular formula is C22H22F3N3O2. The van der Waals surface area contributed by atoms with Crippen LogP contribution in [0.4, 0.5) is 24.7 Å². The highest BCUT2D eigenvalue weighted by atomic mass is 19.4. The minimum atomic E-state index is -4.62. The average molecular weight is 417 g/mol. The molecule has 0 atom stereocenters. The van der Waals surface area contributed by atoms with E-state index in [0.717, 1.165) is 5.56 Å². The average Bonchev–Trinajstić information content (AvgIpc) is 2.67. The molecule has 0 aliphatic rings. The molecule has 0 radical (unpaired) electrons. The van der Waals surface area contributed by atoms with Gasteiger partial charge in [0.1, 0.15) is 29.3 Å². The molecule has 3 aromatic rings. The number of nitrogens with one attached hydrogen (secondary N) is 1. The van der Waals surface area contributed by atoms with Crippen molar-refractivity contribution in [2.45, 2.75) is 39.2 Å². The highest BCUT2D eigenvalue weighted by Gasteiger charge is 2.35. The lowest BCUT2D eigenvalue weighted by Crippen LogP contribution is -2.22. The Morgan fingerprint density at radius 1 is 0.933 bits per heavy atom. The molecule has 0 bridgehead atoms. The van der Waals surface area contributed by atoms with Crippen LogP contribution in [0, 0.1) is 0 Å². The lowest BCUT2D eigenvalue weighted by Gasteiger charge is -2.21. The van der Waals surface area contributed by atoms with Crippen LogP contribution in [0.3, 0.4) is 0 Å². The van der Waals surface area contributed by atoms with E-state index in [0.29, 0.717) is 17.6 Å². The predicted molar refractivity (Wildman–Crippen MR) is 108 cm³/mol. The third-order valence-electron chi connectivity index (χ3n) is 3.82. The zero-order chi connectivity index (χ0) is 21.8. The van der Waals surface area contributed by atoms with Crippen LogP contribution in [0.25, 0.3) is 0 Å². The van der Waals surface area contributed by atoms with Crippen LogP contribution in [0.1, 0.15) is 31.9 Å². The maximum Gasteiger partial charge on any atom is 0.421 e. The molecule has 5 nitrogen and oxygen atoms in total. The Balaban J connectivity index is 1.80. The maximum atomic E-state index is 13.4. The Kier molecular flexibility index (Phi) is 6.14. The summed E-state index contributed by atoms with van der Waals surface area (Å²) in [7, 11) is 0. The third-order valence-corrected chi connectivity index (χ3v) is 3.82. The highest BCUT2D eigenvalue weighted by molar-refractivity contribution is 5.60. The van der Waals surface area contributed by atoms with E-state index in [9.17, 15) is 13.2 Å². The van der Waals surface area contributed by atoms with Crippen LogP contribution in [0.15, 0.2) is 60.8 Å². The van der Waals surface area contributed by atoms with Gasteiger partial charge in [0.2, 0.25) is 0 Å². The van der Waals surface area contributed by atoms with Crippen molar-refractivity contribution in [3.05, 3.63) is 71.9 Å². The molecular weight excluding hydrogens is 395 g/mol. The predicted octanol–water partition coefficient (Wildman–Crippen LogP) is 6.00. The van der Waals surface area contributed by atoms with Gasteiger partial charge in [-0.3, -0.25) is 0 Å². The number of rotatable bonds is 6. The zero-order valence-corrected chi connectivity index (χ0v) is 16.8. The topological polar surface area (TPSA) is 56.3 Å². The van der Waals surface area contributed by atoms with E-state index in [-0.39, 0.29) is 24.0 Å². The smallest absolute Gasteiger partial charge is 0.421 e. The van der Waals surface area contributed by atoms with Gasteiger partial charge >= 0.3 is 12.2 Å². The number of nitrogens with zero attached hydrogens (tertiary/aromatic N) is 2. The minimum absolute atomic E-state index is 0.143. The summed E-state index contributed by atoms with van der Waals surface area (Å²) in [4.78, 5) is 7.64. The molecule has 158 valence electrons. The van der Waals surface area contributed by atoms with Crippen LogP contribution in [0.5, 0.6) is 11.8 Å². The standard InChI is InChI=1S/C22H22F3N3O2/c1-21(2,3)30-17-11-9-16(10-12-17)27-19-18(22(23,24)25)13-26-20(28-19)29-14-15-7-5-4-6-8-15/h4-13H,14H2,1-3H3,(H,26,27,28). The first-order chi connectivity index (χ1) is 14.1. The second-order valence-corrected chi connectivity index (χ2v) is 7.55. The molecule has 1 N–H and O–H groups in total. The molecule has 30 heavy (non-hydrogen) atoms. The lowest BCUT2D eigenvalue weighted by molar-refractivity contribution is -0.137. The van der Waals surface area contributed by atoms with Crippen molar-refractivity contribution in [2.75, 3.05) is 5.32 Å². The summed E-state index contributed by atoms with van der Waals surface area (Å²) >= 11 is 0. The molecule has 0 saturated heterocycles. The fraction of sp³-hybridized carbons (Fsp3) is 0.273. The van der Waals surface area contributed by atoms with E-state index in [2.05, 4.69) is 15.3 Å². The van der Waals surface area contributed by atoms with Crippen molar-refractivity contribution in [1.29, 1.82) is 0 Å². The van der Waals surface area contributed by atoms with E-state index in [4.69, 9.17) is 9.47 Å². The number of aromatic nitrogens is 2. The molecule has 0 unspecified atom stereocenters. The molecule has 0 spiro atoms. The number of ether oxygens (including phenoxy) is 2. The first kappa shape index (κ1) is 21.4. The number of halogens is 3. The van der Waals surface area contributed by atoms with E-state index in [1.807, 2.05) is 51.1 Å². The molecule has 0 amide bonds. The third kappa shape index (κ3) is 6.10. The second-order valence-electron chi connectivity index (χ2n) is 7.55. The molecule has 0 aliphatic heterocycles. The van der Waals surface area contributed by atoms with Gasteiger partial charge in [-0.25, -0.2) is 4.98 Å². The van der Waals surface area contributed by atoms with Gasteiger partial charge in [-0.15, -0.1) is 0 Å². The summed E-state index contributed by atoms with van der Waals surface area (Å²) < 4.78 is 51.4. The Morgan fingerprint density at radius 3 is 2.20 bits per heavy atom. The van der Waals surface area contributed by atoms with Gasteiger partial charge < -0.3 is 14.8 Å². The van der Waals surface area contributed by atoms with Crippen molar-refractivity contribution < 1.29 is 22.6 Å². The van der Waals surface area contributed by atoms with E-state index in [1.165, 1.54) is 0 Å². The van der Waals surface area contributed by atoms with Gasteiger partial charge in [-0.2, -0.15) is 18.2 Å². The van der Waals surface area contributed by atoms with Crippen LogP contribution in [-0.2, 0) is 12.8 Å². The number of anilines is 2. The van der Waals surface area contributed by atoms with Crippen LogP contribution in [0.2, 0.25) is 0 Å². The Bertz CT molecular complexity index is 970. The quantitative estimate of drug-likeness (QED) is 0.533. The molecule has 0 saturated carbocycles. The molecule has 2 aromatic carbocycles. The number of benzene rings is 2. The summed E-state index contributed by atoms with van der Waals surface area (Å²) in [5, 5.41) is 2.70. The van der Waals surface area contributed by atoms with Gasteiger partial charge in [-0.05, 0) is 50.6 Å². The van der Waals surface area contributed by atoms with Gasteiger partial charge in [0.25, 0.3) is 0 Å². The van der Waals surface area contributed by atoms with Crippen molar-refractivity contribution >= 4 is 11.5 Å². The first-order valence-corrected chi connectivity index (χ1v) is 9.27. The van der Waals surface area contributed by atoms with Crippen molar-refractivity contribution in [1.82, 2.24) is 9.97 Å². The normalized spacial score (nSPS) is 11.8. The van der Waals surface area contributed by atoms with Crippen LogP contribution in [-0.4, -0.2) is 15.6 Å². The van der Waals surface area contributed by atoms with Gasteiger partial charge in [0.15, 0.2) is 0 Å². The monoisotopic (exact) mass is 417 g/mol. The fourth-order valence-electron chi connectivity index (χ4n) is 2.56.